The second-order valence-corrected chi connectivity index (χ2v) is 6.15. The zero-order valence-corrected chi connectivity index (χ0v) is 13.7. The summed E-state index contributed by atoms with van der Waals surface area (Å²) in [6.07, 6.45) is 5.67. The second kappa shape index (κ2) is 6.41. The lowest BCUT2D eigenvalue weighted by atomic mass is 9.92. The molecule has 4 nitrogen and oxygen atoms in total. The Balaban J connectivity index is 2.04. The van der Waals surface area contributed by atoms with Crippen LogP contribution in [0.1, 0.15) is 42.1 Å². The van der Waals surface area contributed by atoms with Crippen LogP contribution in [-0.4, -0.2) is 16.5 Å². The predicted molar refractivity (Wildman–Crippen MR) is 92.0 cm³/mol. The minimum atomic E-state index is -0.106. The summed E-state index contributed by atoms with van der Waals surface area (Å²) in [7, 11) is 1.67. The van der Waals surface area contributed by atoms with E-state index in [1.54, 1.807) is 19.3 Å². The van der Waals surface area contributed by atoms with Crippen molar-refractivity contribution in [1.82, 2.24) is 4.57 Å². The van der Waals surface area contributed by atoms with Crippen LogP contribution in [0, 0.1) is 0 Å². The fraction of sp³-hybridized carbons (Fsp3) is 0.368. The molecule has 0 bridgehead atoms. The number of amides is 1. The maximum atomic E-state index is 13.1. The number of hydrogen-bond donors (Lipinski definition) is 0. The highest BCUT2D eigenvalue weighted by molar-refractivity contribution is 6.07. The van der Waals surface area contributed by atoms with Gasteiger partial charge in [-0.2, -0.15) is 0 Å². The van der Waals surface area contributed by atoms with Gasteiger partial charge in [-0.25, -0.2) is 0 Å². The van der Waals surface area contributed by atoms with Gasteiger partial charge >= 0.3 is 0 Å². The van der Waals surface area contributed by atoms with Crippen LogP contribution in [0.15, 0.2) is 47.4 Å². The fourth-order valence-electron chi connectivity index (χ4n) is 3.35. The van der Waals surface area contributed by atoms with Gasteiger partial charge in [-0.05, 0) is 37.0 Å². The molecule has 120 valence electrons. The van der Waals surface area contributed by atoms with Crippen LogP contribution in [0.4, 0.5) is 5.69 Å². The van der Waals surface area contributed by atoms with E-state index < -0.39 is 0 Å². The monoisotopic (exact) mass is 310 g/mol. The van der Waals surface area contributed by atoms with Crippen LogP contribution in [0.3, 0.4) is 0 Å². The number of carbonyl (C=O) groups excluding carboxylic acids is 1. The molecule has 0 saturated carbocycles. The van der Waals surface area contributed by atoms with E-state index in [1.165, 1.54) is 16.2 Å². The van der Waals surface area contributed by atoms with Crippen molar-refractivity contribution in [3.63, 3.8) is 0 Å². The number of nitrogens with zero attached hydrogens (tertiary/aromatic N) is 2. The molecule has 1 aliphatic heterocycles. The summed E-state index contributed by atoms with van der Waals surface area (Å²) >= 11 is 0. The van der Waals surface area contributed by atoms with E-state index in [2.05, 4.69) is 13.0 Å². The number of carbonyl (C=O) groups is 1. The molecule has 1 aliphatic rings. The fourth-order valence-corrected chi connectivity index (χ4v) is 3.35. The lowest BCUT2D eigenvalue weighted by Gasteiger charge is -2.37. The summed E-state index contributed by atoms with van der Waals surface area (Å²) in [5.74, 6) is -0.0220. The Kier molecular flexibility index (Phi) is 4.33. The maximum absolute atomic E-state index is 13.1. The number of pyridine rings is 1. The van der Waals surface area contributed by atoms with E-state index in [0.717, 1.165) is 31.4 Å². The van der Waals surface area contributed by atoms with Gasteiger partial charge in [-0.15, -0.1) is 0 Å². The van der Waals surface area contributed by atoms with Crippen LogP contribution in [-0.2, 0) is 13.5 Å². The van der Waals surface area contributed by atoms with Gasteiger partial charge < -0.3 is 9.47 Å². The molecule has 2 aromatic rings. The van der Waals surface area contributed by atoms with Gasteiger partial charge in [0.2, 0.25) is 5.56 Å². The zero-order chi connectivity index (χ0) is 16.4. The predicted octanol–water partition coefficient (Wildman–Crippen LogP) is 3.15. The first-order valence-electron chi connectivity index (χ1n) is 8.20. The summed E-state index contributed by atoms with van der Waals surface area (Å²) in [6.45, 7) is 2.15. The van der Waals surface area contributed by atoms with E-state index in [9.17, 15) is 9.59 Å². The molecular formula is C19H22N2O2. The number of aryl methyl sites for hydroxylation is 2. The largest absolute Gasteiger partial charge is 0.318 e. The average molecular weight is 310 g/mol. The molecule has 0 saturated heterocycles. The van der Waals surface area contributed by atoms with E-state index in [0.29, 0.717) is 5.56 Å². The number of benzene rings is 1. The molecular weight excluding hydrogens is 288 g/mol. The summed E-state index contributed by atoms with van der Waals surface area (Å²) in [4.78, 5) is 26.6. The molecule has 0 fully saturated rings. The number of para-hydroxylation sites is 1. The van der Waals surface area contributed by atoms with Crippen molar-refractivity contribution >= 4 is 11.6 Å². The van der Waals surface area contributed by atoms with Crippen LogP contribution >= 0.6 is 0 Å². The lowest BCUT2D eigenvalue weighted by molar-refractivity contribution is 0.0970. The first kappa shape index (κ1) is 15.5. The van der Waals surface area contributed by atoms with Gasteiger partial charge in [0.05, 0.1) is 5.56 Å². The van der Waals surface area contributed by atoms with E-state index in [4.69, 9.17) is 0 Å². The number of rotatable bonds is 3. The summed E-state index contributed by atoms with van der Waals surface area (Å²) in [6, 6.07) is 11.4. The molecule has 1 unspecified atom stereocenters. The van der Waals surface area contributed by atoms with E-state index >= 15 is 0 Å². The van der Waals surface area contributed by atoms with E-state index in [-0.39, 0.29) is 17.5 Å². The normalized spacial score (nSPS) is 17.0. The molecule has 23 heavy (non-hydrogen) atoms. The molecule has 0 spiro atoms. The lowest BCUT2D eigenvalue weighted by Crippen LogP contribution is -2.44. The van der Waals surface area contributed by atoms with Gasteiger partial charge in [-0.1, -0.05) is 31.5 Å². The molecule has 1 amide bonds. The van der Waals surface area contributed by atoms with Crippen molar-refractivity contribution in [2.24, 2.45) is 7.05 Å². The first-order valence-corrected chi connectivity index (χ1v) is 8.20. The van der Waals surface area contributed by atoms with Crippen molar-refractivity contribution in [2.45, 2.75) is 38.6 Å². The van der Waals surface area contributed by atoms with Crippen LogP contribution < -0.4 is 10.5 Å². The molecule has 0 radical (unpaired) electrons. The zero-order valence-electron chi connectivity index (χ0n) is 13.7. The number of fused-ring (bicyclic) bond motifs is 1. The maximum Gasteiger partial charge on any atom is 0.260 e. The van der Waals surface area contributed by atoms with Gasteiger partial charge in [0.15, 0.2) is 0 Å². The third kappa shape index (κ3) is 2.93. The highest BCUT2D eigenvalue weighted by Gasteiger charge is 2.31. The SMILES string of the molecule is CCCC1CCc2ccccc2N1C(=O)c1ccc(=O)n(C)c1. The molecule has 1 aromatic heterocycles. The van der Waals surface area contributed by atoms with Crippen molar-refractivity contribution in [3.05, 3.63) is 64.1 Å². The summed E-state index contributed by atoms with van der Waals surface area (Å²) in [5, 5.41) is 0. The van der Waals surface area contributed by atoms with Gasteiger partial charge in [0.25, 0.3) is 5.91 Å². The van der Waals surface area contributed by atoms with Crippen LogP contribution in [0.5, 0.6) is 0 Å². The summed E-state index contributed by atoms with van der Waals surface area (Å²) in [5.41, 5.74) is 2.68. The Morgan fingerprint density at radius 1 is 1.22 bits per heavy atom. The standard InChI is InChI=1S/C19H22N2O2/c1-3-6-16-11-9-14-7-4-5-8-17(14)21(16)19(23)15-10-12-18(22)20(2)13-15/h4-5,7-8,10,12-13,16H,3,6,9,11H2,1-2H3. The molecule has 1 aromatic carbocycles. The Bertz CT molecular complexity index is 779. The van der Waals surface area contributed by atoms with Crippen LogP contribution in [0.25, 0.3) is 0 Å². The molecule has 4 heteroatoms. The summed E-state index contributed by atoms with van der Waals surface area (Å²) < 4.78 is 1.46. The van der Waals surface area contributed by atoms with Crippen molar-refractivity contribution in [2.75, 3.05) is 4.90 Å². The molecule has 1 atom stereocenters. The Morgan fingerprint density at radius 2 is 2.00 bits per heavy atom. The molecule has 3 rings (SSSR count). The average Bonchev–Trinajstić information content (AvgIpc) is 2.57. The third-order valence-corrected chi connectivity index (χ3v) is 4.54. The van der Waals surface area contributed by atoms with Gasteiger partial charge in [0, 0.05) is 31.0 Å². The number of aromatic nitrogens is 1. The third-order valence-electron chi connectivity index (χ3n) is 4.54. The molecule has 2 heterocycles. The highest BCUT2D eigenvalue weighted by atomic mass is 16.2. The van der Waals surface area contributed by atoms with E-state index in [1.807, 2.05) is 23.1 Å². The topological polar surface area (TPSA) is 42.3 Å². The Labute approximate surface area is 136 Å². The molecule has 0 aliphatic carbocycles. The Morgan fingerprint density at radius 3 is 2.74 bits per heavy atom. The number of anilines is 1. The number of hydrogen-bond acceptors (Lipinski definition) is 2. The minimum absolute atomic E-state index is 0.0220. The highest BCUT2D eigenvalue weighted by Crippen LogP contribution is 2.33. The minimum Gasteiger partial charge on any atom is -0.318 e. The van der Waals surface area contributed by atoms with Crippen molar-refractivity contribution in [3.8, 4) is 0 Å². The quantitative estimate of drug-likeness (QED) is 0.874. The Hall–Kier alpha value is -2.36. The van der Waals surface area contributed by atoms with Crippen LogP contribution in [0.2, 0.25) is 0 Å². The smallest absolute Gasteiger partial charge is 0.260 e. The van der Waals surface area contributed by atoms with Crippen molar-refractivity contribution in [1.29, 1.82) is 0 Å². The first-order chi connectivity index (χ1) is 11.1. The van der Waals surface area contributed by atoms with Gasteiger partial charge in [0.1, 0.15) is 0 Å². The van der Waals surface area contributed by atoms with Gasteiger partial charge in [-0.3, -0.25) is 9.59 Å². The molecule has 0 N–H and O–H groups in total. The van der Waals surface area contributed by atoms with Crippen molar-refractivity contribution < 1.29 is 4.79 Å². The second-order valence-electron chi connectivity index (χ2n) is 6.15.